The van der Waals surface area contributed by atoms with Crippen molar-refractivity contribution in [1.29, 1.82) is 0 Å². The van der Waals surface area contributed by atoms with Gasteiger partial charge in [-0.15, -0.1) is 18.3 Å². The maximum absolute atomic E-state index is 12.6. The van der Waals surface area contributed by atoms with E-state index >= 15 is 0 Å². The number of aromatic amines is 1. The molecule has 12 nitrogen and oxygen atoms in total. The Morgan fingerprint density at radius 3 is 2.38 bits per heavy atom. The number of aliphatic imine (C=N–C) groups is 1. The van der Waals surface area contributed by atoms with Gasteiger partial charge in [-0.05, 0) is 96.1 Å². The number of nitro groups is 1. The highest BCUT2D eigenvalue weighted by atomic mass is 19.4. The van der Waals surface area contributed by atoms with E-state index < -0.39 is 29.5 Å². The zero-order valence-electron chi connectivity index (χ0n) is 23.7. The van der Waals surface area contributed by atoms with Gasteiger partial charge in [0.05, 0.1) is 5.69 Å². The summed E-state index contributed by atoms with van der Waals surface area (Å²) in [6.45, 7) is -0.532. The zero-order chi connectivity index (χ0) is 31.8. The standard InChI is InChI=1S/C30H27F3N8O4/c31-30(32,33)45-26-16-12-24(13-17-26)34-27(19-41(43)44)40(25-14-10-22(11-15-25)21-4-2-1-3-5-21)18-20-6-8-23(9-7-20)28(42)35-29-36-38-39-37-29/h4,6-17H,1-3,5,18-19H2,(H2,35,36,37,38,39,42). The number of anilines is 2. The molecule has 2 N–H and O–H groups in total. The number of nitrogens with one attached hydrogen (secondary N) is 2. The number of carbonyl (C=O) groups excluding carboxylic acids is 1. The highest BCUT2D eigenvalue weighted by Crippen LogP contribution is 2.30. The van der Waals surface area contributed by atoms with Crippen LogP contribution in [0.3, 0.4) is 0 Å². The van der Waals surface area contributed by atoms with Gasteiger partial charge in [0.2, 0.25) is 0 Å². The van der Waals surface area contributed by atoms with Gasteiger partial charge >= 0.3 is 6.36 Å². The van der Waals surface area contributed by atoms with Crippen molar-refractivity contribution in [2.75, 3.05) is 16.8 Å². The molecule has 1 heterocycles. The first-order valence-electron chi connectivity index (χ1n) is 13.9. The average Bonchev–Trinajstić information content (AvgIpc) is 3.53. The number of amides is 1. The van der Waals surface area contributed by atoms with Crippen LogP contribution in [0.4, 0.5) is 30.5 Å². The second-order valence-corrected chi connectivity index (χ2v) is 10.1. The summed E-state index contributed by atoms with van der Waals surface area (Å²) >= 11 is 0. The van der Waals surface area contributed by atoms with Crippen LogP contribution in [0.25, 0.3) is 5.57 Å². The molecule has 5 rings (SSSR count). The van der Waals surface area contributed by atoms with Crippen LogP contribution in [0, 0.1) is 10.1 Å². The summed E-state index contributed by atoms with van der Waals surface area (Å²) < 4.78 is 41.8. The molecular formula is C30H27F3N8O4. The van der Waals surface area contributed by atoms with Gasteiger partial charge in [0.25, 0.3) is 18.4 Å². The van der Waals surface area contributed by atoms with Gasteiger partial charge in [0.1, 0.15) is 5.75 Å². The lowest BCUT2D eigenvalue weighted by Crippen LogP contribution is -2.35. The van der Waals surface area contributed by atoms with E-state index in [1.807, 2.05) is 24.3 Å². The molecule has 0 aliphatic heterocycles. The smallest absolute Gasteiger partial charge is 0.406 e. The van der Waals surface area contributed by atoms with E-state index in [0.29, 0.717) is 16.8 Å². The first kappa shape index (κ1) is 30.8. The fourth-order valence-electron chi connectivity index (χ4n) is 4.79. The van der Waals surface area contributed by atoms with Gasteiger partial charge in [0, 0.05) is 22.7 Å². The van der Waals surface area contributed by atoms with Gasteiger partial charge < -0.3 is 9.64 Å². The summed E-state index contributed by atoms with van der Waals surface area (Å²) in [5.41, 5.74) is 4.14. The summed E-state index contributed by atoms with van der Waals surface area (Å²) in [6.07, 6.45) is 1.60. The Hall–Kier alpha value is -5.60. The number of aromatic nitrogens is 4. The number of rotatable bonds is 10. The molecule has 0 unspecified atom stereocenters. The lowest BCUT2D eigenvalue weighted by Gasteiger charge is -2.25. The number of hydrogen-bond acceptors (Lipinski definition) is 8. The SMILES string of the molecule is O=C(Nc1nn[nH]n1)c1ccc(CN(C(C[N+](=O)[O-])=Nc2ccc(OC(F)(F)F)cc2)c2ccc(C3=CCCCC3)cc2)cc1. The van der Waals surface area contributed by atoms with E-state index in [2.05, 4.69) is 41.7 Å². The largest absolute Gasteiger partial charge is 0.573 e. The molecule has 1 aliphatic carbocycles. The average molecular weight is 621 g/mol. The van der Waals surface area contributed by atoms with E-state index in [9.17, 15) is 28.1 Å². The predicted molar refractivity (Wildman–Crippen MR) is 160 cm³/mol. The first-order chi connectivity index (χ1) is 21.6. The van der Waals surface area contributed by atoms with Gasteiger partial charge in [-0.1, -0.05) is 35.4 Å². The van der Waals surface area contributed by atoms with Crippen molar-refractivity contribution in [1.82, 2.24) is 20.6 Å². The second kappa shape index (κ2) is 13.8. The summed E-state index contributed by atoms with van der Waals surface area (Å²) in [7, 11) is 0. The van der Waals surface area contributed by atoms with Crippen molar-refractivity contribution in [3.8, 4) is 5.75 Å². The van der Waals surface area contributed by atoms with Crippen LogP contribution >= 0.6 is 0 Å². The lowest BCUT2D eigenvalue weighted by molar-refractivity contribution is -0.463. The second-order valence-electron chi connectivity index (χ2n) is 10.1. The third-order valence-corrected chi connectivity index (χ3v) is 6.88. The number of halogens is 3. The van der Waals surface area contributed by atoms with Crippen molar-refractivity contribution in [3.05, 3.63) is 106 Å². The van der Waals surface area contributed by atoms with Gasteiger partial charge in [-0.25, -0.2) is 4.99 Å². The number of carbonyl (C=O) groups is 1. The van der Waals surface area contributed by atoms with E-state index in [-0.39, 0.29) is 24.0 Å². The fraction of sp³-hybridized carbons (Fsp3) is 0.233. The topological polar surface area (TPSA) is 152 Å². The Morgan fingerprint density at radius 2 is 1.78 bits per heavy atom. The Bertz CT molecular complexity index is 1670. The molecule has 3 aromatic carbocycles. The molecule has 0 saturated heterocycles. The van der Waals surface area contributed by atoms with Crippen LogP contribution in [0.15, 0.2) is 83.9 Å². The molecule has 0 atom stereocenters. The Kier molecular flexibility index (Phi) is 9.46. The van der Waals surface area contributed by atoms with E-state index in [1.165, 1.54) is 17.7 Å². The Labute approximate surface area is 254 Å². The van der Waals surface area contributed by atoms with Crippen LogP contribution in [0.5, 0.6) is 5.75 Å². The van der Waals surface area contributed by atoms with Crippen LogP contribution < -0.4 is 15.0 Å². The van der Waals surface area contributed by atoms with Crippen molar-refractivity contribution < 1.29 is 27.6 Å². The quantitative estimate of drug-likeness (QED) is 0.0904. The number of nitrogens with zero attached hydrogens (tertiary/aromatic N) is 6. The first-order valence-corrected chi connectivity index (χ1v) is 13.9. The monoisotopic (exact) mass is 620 g/mol. The fourth-order valence-corrected chi connectivity index (χ4v) is 4.79. The van der Waals surface area contributed by atoms with Gasteiger partial charge in [-0.3, -0.25) is 20.2 Å². The third kappa shape index (κ3) is 8.72. The molecule has 0 radical (unpaired) electrons. The minimum absolute atomic E-state index is 0.0151. The summed E-state index contributed by atoms with van der Waals surface area (Å²) in [6, 6.07) is 19.0. The molecule has 0 spiro atoms. The number of amidine groups is 1. The van der Waals surface area contributed by atoms with Crippen molar-refractivity contribution in [3.63, 3.8) is 0 Å². The molecule has 0 saturated carbocycles. The Balaban J connectivity index is 1.46. The number of H-pyrrole nitrogens is 1. The summed E-state index contributed by atoms with van der Waals surface area (Å²) in [5, 5.41) is 27.3. The van der Waals surface area contributed by atoms with Crippen molar-refractivity contribution >= 4 is 34.6 Å². The molecule has 1 aliphatic rings. The highest BCUT2D eigenvalue weighted by Gasteiger charge is 2.31. The van der Waals surface area contributed by atoms with E-state index in [1.54, 1.807) is 29.2 Å². The van der Waals surface area contributed by atoms with Crippen LogP contribution in [-0.2, 0) is 6.54 Å². The summed E-state index contributed by atoms with van der Waals surface area (Å²) in [4.78, 5) is 30.0. The normalized spacial score (nSPS) is 13.6. The Morgan fingerprint density at radius 1 is 1.04 bits per heavy atom. The molecule has 1 aromatic heterocycles. The molecular weight excluding hydrogens is 593 g/mol. The van der Waals surface area contributed by atoms with E-state index in [4.69, 9.17) is 0 Å². The maximum Gasteiger partial charge on any atom is 0.573 e. The molecule has 15 heteroatoms. The van der Waals surface area contributed by atoms with Crippen LogP contribution in [0.2, 0.25) is 0 Å². The number of tetrazole rings is 1. The zero-order valence-corrected chi connectivity index (χ0v) is 23.7. The molecule has 45 heavy (non-hydrogen) atoms. The van der Waals surface area contributed by atoms with Crippen LogP contribution in [-0.4, -0.2) is 50.2 Å². The minimum Gasteiger partial charge on any atom is -0.406 e. The molecule has 1 amide bonds. The van der Waals surface area contributed by atoms with E-state index in [0.717, 1.165) is 43.4 Å². The predicted octanol–water partition coefficient (Wildman–Crippen LogP) is 6.32. The molecule has 4 aromatic rings. The molecule has 0 bridgehead atoms. The van der Waals surface area contributed by atoms with Crippen molar-refractivity contribution in [2.24, 2.45) is 4.99 Å². The molecule has 0 fully saturated rings. The highest BCUT2D eigenvalue weighted by molar-refractivity contribution is 6.03. The van der Waals surface area contributed by atoms with Crippen LogP contribution in [0.1, 0.15) is 47.2 Å². The third-order valence-electron chi connectivity index (χ3n) is 6.88. The van der Waals surface area contributed by atoms with Gasteiger partial charge in [-0.2, -0.15) is 5.21 Å². The molecule has 232 valence electrons. The minimum atomic E-state index is -4.86. The number of alkyl halides is 3. The number of benzene rings is 3. The van der Waals surface area contributed by atoms with Gasteiger partial charge in [0.15, 0.2) is 5.84 Å². The number of hydrogen-bond donors (Lipinski definition) is 2. The lowest BCUT2D eigenvalue weighted by atomic mass is 9.93. The summed E-state index contributed by atoms with van der Waals surface area (Å²) in [5.74, 6) is -0.833. The number of ether oxygens (including phenoxy) is 1. The van der Waals surface area contributed by atoms with Crippen molar-refractivity contribution in [2.45, 2.75) is 38.6 Å². The number of allylic oxidation sites excluding steroid dienone is 2. The maximum atomic E-state index is 12.6.